The smallest absolute Gasteiger partial charge is 0.279 e. The van der Waals surface area contributed by atoms with Gasteiger partial charge in [-0.05, 0) is 60.4 Å². The Bertz CT molecular complexity index is 453. The van der Waals surface area contributed by atoms with Crippen LogP contribution in [0.4, 0.5) is 5.69 Å². The molecule has 3 nitrogen and oxygen atoms in total. The van der Waals surface area contributed by atoms with E-state index in [1.807, 2.05) is 24.3 Å². The van der Waals surface area contributed by atoms with E-state index in [4.69, 9.17) is 0 Å². The Hall–Kier alpha value is -0.620. The third-order valence-electron chi connectivity index (χ3n) is 4.01. The van der Waals surface area contributed by atoms with Gasteiger partial charge in [0.25, 0.3) is 5.91 Å². The van der Waals surface area contributed by atoms with Gasteiger partial charge in [0, 0.05) is 3.57 Å². The zero-order chi connectivity index (χ0) is 13.9. The molecule has 0 atom stereocenters. The Morgan fingerprint density at radius 1 is 1.32 bits per heavy atom. The van der Waals surface area contributed by atoms with E-state index in [-0.39, 0.29) is 5.91 Å². The molecule has 1 aliphatic rings. The molecule has 0 spiro atoms. The minimum Gasteiger partial charge on any atom is -0.320 e. The second-order valence-electron chi connectivity index (χ2n) is 5.90. The number of quaternary nitrogens is 1. The number of rotatable bonds is 4. The molecule has 1 aromatic carbocycles. The van der Waals surface area contributed by atoms with Crippen LogP contribution >= 0.6 is 22.6 Å². The van der Waals surface area contributed by atoms with Gasteiger partial charge in [0.15, 0.2) is 6.54 Å². The standard InChI is InChI=1S/C15H21IN2O/c1-18(2,12-7-3-4-8-12)11-15(19)17-14-10-6-5-9-13(14)16/h5-6,9-10,12H,3-4,7-8,11H2,1-2H3/p+1. The largest absolute Gasteiger partial charge is 0.320 e. The van der Waals surface area contributed by atoms with E-state index in [0.717, 1.165) is 13.7 Å². The Kier molecular flexibility index (Phi) is 4.84. The van der Waals surface area contributed by atoms with Crippen molar-refractivity contribution in [2.24, 2.45) is 0 Å². The highest BCUT2D eigenvalue weighted by Crippen LogP contribution is 2.26. The second-order valence-corrected chi connectivity index (χ2v) is 7.07. The topological polar surface area (TPSA) is 29.1 Å². The van der Waals surface area contributed by atoms with Crippen LogP contribution in [-0.4, -0.2) is 37.1 Å². The number of hydrogen-bond acceptors (Lipinski definition) is 1. The van der Waals surface area contributed by atoms with Gasteiger partial charge in [0.1, 0.15) is 0 Å². The highest BCUT2D eigenvalue weighted by Gasteiger charge is 2.33. The van der Waals surface area contributed by atoms with Crippen LogP contribution in [0, 0.1) is 3.57 Å². The van der Waals surface area contributed by atoms with E-state index in [1.54, 1.807) is 0 Å². The summed E-state index contributed by atoms with van der Waals surface area (Å²) in [6.45, 7) is 0.551. The fraction of sp³-hybridized carbons (Fsp3) is 0.533. The van der Waals surface area contributed by atoms with Gasteiger partial charge in [-0.15, -0.1) is 0 Å². The second kappa shape index (κ2) is 6.22. The number of hydrogen-bond donors (Lipinski definition) is 1. The zero-order valence-electron chi connectivity index (χ0n) is 11.7. The van der Waals surface area contributed by atoms with Crippen molar-refractivity contribution in [1.82, 2.24) is 0 Å². The van der Waals surface area contributed by atoms with Crippen LogP contribution < -0.4 is 5.32 Å². The summed E-state index contributed by atoms with van der Waals surface area (Å²) >= 11 is 2.25. The number of likely N-dealkylation sites (N-methyl/N-ethyl adjacent to an activating group) is 1. The number of amides is 1. The number of benzene rings is 1. The first-order chi connectivity index (χ1) is 8.99. The number of carbonyl (C=O) groups excluding carboxylic acids is 1. The summed E-state index contributed by atoms with van der Waals surface area (Å²) in [5.41, 5.74) is 0.916. The van der Waals surface area contributed by atoms with Crippen molar-refractivity contribution < 1.29 is 9.28 Å². The van der Waals surface area contributed by atoms with Crippen LogP contribution in [0.3, 0.4) is 0 Å². The Labute approximate surface area is 129 Å². The third kappa shape index (κ3) is 3.92. The SMILES string of the molecule is C[N+](C)(CC(=O)Nc1ccccc1I)C1CCCC1. The molecule has 19 heavy (non-hydrogen) atoms. The molecule has 0 aromatic heterocycles. The highest BCUT2D eigenvalue weighted by molar-refractivity contribution is 14.1. The minimum atomic E-state index is 0.112. The lowest BCUT2D eigenvalue weighted by atomic mass is 10.2. The maximum absolute atomic E-state index is 12.2. The predicted octanol–water partition coefficient (Wildman–Crippen LogP) is 3.25. The molecule has 1 amide bonds. The maximum Gasteiger partial charge on any atom is 0.279 e. The average Bonchev–Trinajstić information content (AvgIpc) is 2.85. The molecule has 1 fully saturated rings. The number of carbonyl (C=O) groups is 1. The summed E-state index contributed by atoms with van der Waals surface area (Å²) in [5, 5.41) is 3.03. The monoisotopic (exact) mass is 373 g/mol. The first kappa shape index (κ1) is 14.8. The van der Waals surface area contributed by atoms with Crippen LogP contribution in [0.5, 0.6) is 0 Å². The van der Waals surface area contributed by atoms with Gasteiger partial charge in [-0.1, -0.05) is 12.1 Å². The van der Waals surface area contributed by atoms with Gasteiger partial charge in [0.05, 0.1) is 25.8 Å². The lowest BCUT2D eigenvalue weighted by Gasteiger charge is -2.35. The Morgan fingerprint density at radius 3 is 2.58 bits per heavy atom. The first-order valence-corrected chi connectivity index (χ1v) is 7.94. The number of anilines is 1. The van der Waals surface area contributed by atoms with Crippen LogP contribution in [0.2, 0.25) is 0 Å². The van der Waals surface area contributed by atoms with Crippen molar-refractivity contribution in [2.75, 3.05) is 26.0 Å². The average molecular weight is 373 g/mol. The van der Waals surface area contributed by atoms with Crippen molar-refractivity contribution >= 4 is 34.2 Å². The highest BCUT2D eigenvalue weighted by atomic mass is 127. The van der Waals surface area contributed by atoms with E-state index < -0.39 is 0 Å². The van der Waals surface area contributed by atoms with Crippen LogP contribution in [-0.2, 0) is 4.79 Å². The van der Waals surface area contributed by atoms with E-state index in [0.29, 0.717) is 12.6 Å². The van der Waals surface area contributed by atoms with Crippen molar-refractivity contribution in [3.63, 3.8) is 0 Å². The van der Waals surface area contributed by atoms with E-state index >= 15 is 0 Å². The number of nitrogens with zero attached hydrogens (tertiary/aromatic N) is 1. The Morgan fingerprint density at radius 2 is 1.95 bits per heavy atom. The molecular formula is C15H22IN2O+. The van der Waals surface area contributed by atoms with E-state index in [2.05, 4.69) is 42.0 Å². The van der Waals surface area contributed by atoms with Gasteiger partial charge in [0.2, 0.25) is 0 Å². The maximum atomic E-state index is 12.2. The summed E-state index contributed by atoms with van der Waals surface area (Å²) in [6.07, 6.45) is 5.13. The van der Waals surface area contributed by atoms with Crippen LogP contribution in [0.25, 0.3) is 0 Å². The molecule has 0 radical (unpaired) electrons. The van der Waals surface area contributed by atoms with Gasteiger partial charge < -0.3 is 9.80 Å². The van der Waals surface area contributed by atoms with E-state index in [9.17, 15) is 4.79 Å². The third-order valence-corrected chi connectivity index (χ3v) is 4.95. The van der Waals surface area contributed by atoms with Crippen molar-refractivity contribution in [2.45, 2.75) is 31.7 Å². The van der Waals surface area contributed by atoms with E-state index in [1.165, 1.54) is 25.7 Å². The lowest BCUT2D eigenvalue weighted by molar-refractivity contribution is -0.906. The molecule has 0 unspecified atom stereocenters. The molecule has 1 aromatic rings. The van der Waals surface area contributed by atoms with Gasteiger partial charge in [-0.3, -0.25) is 4.79 Å². The fourth-order valence-corrected chi connectivity index (χ4v) is 3.38. The van der Waals surface area contributed by atoms with Gasteiger partial charge in [-0.25, -0.2) is 0 Å². The van der Waals surface area contributed by atoms with Crippen molar-refractivity contribution in [3.8, 4) is 0 Å². The van der Waals surface area contributed by atoms with Crippen LogP contribution in [0.1, 0.15) is 25.7 Å². The molecule has 2 rings (SSSR count). The molecule has 1 saturated carbocycles. The number of nitrogens with one attached hydrogen (secondary N) is 1. The molecule has 0 bridgehead atoms. The molecule has 0 saturated heterocycles. The van der Waals surface area contributed by atoms with Gasteiger partial charge >= 0.3 is 0 Å². The van der Waals surface area contributed by atoms with Crippen LogP contribution in [0.15, 0.2) is 24.3 Å². The molecule has 1 aliphatic carbocycles. The van der Waals surface area contributed by atoms with Gasteiger partial charge in [-0.2, -0.15) is 0 Å². The molecule has 1 N–H and O–H groups in total. The zero-order valence-corrected chi connectivity index (χ0v) is 13.8. The molecule has 4 heteroatoms. The minimum absolute atomic E-state index is 0.112. The lowest BCUT2D eigenvalue weighted by Crippen LogP contribution is -2.51. The number of halogens is 1. The fourth-order valence-electron chi connectivity index (χ4n) is 2.85. The summed E-state index contributed by atoms with van der Waals surface area (Å²) < 4.78 is 1.88. The van der Waals surface area contributed by atoms with Crippen molar-refractivity contribution in [1.29, 1.82) is 0 Å². The molecule has 0 heterocycles. The normalized spacial score (nSPS) is 16.6. The molecule has 104 valence electrons. The predicted molar refractivity (Wildman–Crippen MR) is 87.0 cm³/mol. The summed E-state index contributed by atoms with van der Waals surface area (Å²) in [5.74, 6) is 0.112. The quantitative estimate of drug-likeness (QED) is 0.637. The first-order valence-electron chi connectivity index (χ1n) is 6.86. The van der Waals surface area contributed by atoms with Crippen molar-refractivity contribution in [3.05, 3.63) is 27.8 Å². The Balaban J connectivity index is 1.95. The summed E-state index contributed by atoms with van der Waals surface area (Å²) in [7, 11) is 4.34. The molecule has 0 aliphatic heterocycles. The number of para-hydroxylation sites is 1. The summed E-state index contributed by atoms with van der Waals surface area (Å²) in [6, 6.07) is 8.54. The summed E-state index contributed by atoms with van der Waals surface area (Å²) in [4.78, 5) is 12.2. The molecular weight excluding hydrogens is 351 g/mol.